The van der Waals surface area contributed by atoms with Crippen molar-refractivity contribution in [2.45, 2.75) is 51.7 Å². The van der Waals surface area contributed by atoms with E-state index in [1.807, 2.05) is 38.1 Å². The van der Waals surface area contributed by atoms with Crippen LogP contribution in [0.4, 0.5) is 5.95 Å². The summed E-state index contributed by atoms with van der Waals surface area (Å²) in [6.07, 6.45) is 5.23. The zero-order valence-corrected chi connectivity index (χ0v) is 25.5. The largest absolute Gasteiger partial charge is 0.497 e. The van der Waals surface area contributed by atoms with Crippen molar-refractivity contribution in [1.82, 2.24) is 19.1 Å². The first-order valence-electron chi connectivity index (χ1n) is 14.6. The molecule has 3 fully saturated rings. The lowest BCUT2D eigenvalue weighted by Crippen LogP contribution is -2.70. The van der Waals surface area contributed by atoms with Crippen LogP contribution >= 0.6 is 0 Å². The monoisotopic (exact) mass is 607 g/mol. The molecule has 7 rings (SSSR count). The molecular weight excluding hydrogens is 574 g/mol. The number of nitrogens with one attached hydrogen (secondary N) is 1. The summed E-state index contributed by atoms with van der Waals surface area (Å²) < 4.78 is 20.4. The summed E-state index contributed by atoms with van der Waals surface area (Å²) in [4.78, 5) is 23.6. The van der Waals surface area contributed by atoms with Gasteiger partial charge >= 0.3 is 5.69 Å². The van der Waals surface area contributed by atoms with Gasteiger partial charge in [0, 0.05) is 23.2 Å². The Kier molecular flexibility index (Phi) is 7.47. The van der Waals surface area contributed by atoms with Crippen molar-refractivity contribution in [3.63, 3.8) is 0 Å². The number of allylic oxidation sites excluding steroid dienone is 1. The van der Waals surface area contributed by atoms with E-state index in [2.05, 4.69) is 11.4 Å². The standard InChI is InChI=1S/C33H33N7O5/c1-20-12-22(6-5-9-34)13-21(2)27(20)45-29-26-28(36-30(37-29)38-33-16-32(17-33,18-33)19-35)40(31(42)39(26)10-11-41)15-23-7-8-24(43-3)14-25(23)44-4/h5-8,12-14,41H,10-11,15-18H2,1-4H3,(H,36,37,38)/b6-5+. The number of aromatic nitrogens is 4. The molecule has 0 saturated heterocycles. The molecule has 12 heteroatoms. The summed E-state index contributed by atoms with van der Waals surface area (Å²) in [6, 6.07) is 13.6. The zero-order valence-electron chi connectivity index (χ0n) is 25.5. The number of aliphatic hydroxyl groups excluding tert-OH is 1. The van der Waals surface area contributed by atoms with Crippen molar-refractivity contribution in [2.24, 2.45) is 5.41 Å². The van der Waals surface area contributed by atoms with Crippen LogP contribution in [0, 0.1) is 41.9 Å². The van der Waals surface area contributed by atoms with E-state index in [1.54, 1.807) is 32.4 Å². The van der Waals surface area contributed by atoms with Gasteiger partial charge in [-0.2, -0.15) is 20.5 Å². The Morgan fingerprint density at radius 3 is 2.42 bits per heavy atom. The number of nitrogens with zero attached hydrogens (tertiary/aromatic N) is 6. The van der Waals surface area contributed by atoms with Crippen molar-refractivity contribution in [3.05, 3.63) is 69.1 Å². The van der Waals surface area contributed by atoms with Crippen molar-refractivity contribution in [3.8, 4) is 35.3 Å². The summed E-state index contributed by atoms with van der Waals surface area (Å²) >= 11 is 0. The number of hydrogen-bond acceptors (Lipinski definition) is 10. The molecule has 2 aromatic heterocycles. The van der Waals surface area contributed by atoms with E-state index >= 15 is 0 Å². The Morgan fingerprint density at radius 2 is 1.80 bits per heavy atom. The highest BCUT2D eigenvalue weighted by molar-refractivity contribution is 5.80. The van der Waals surface area contributed by atoms with Gasteiger partial charge in [0.15, 0.2) is 11.2 Å². The lowest BCUT2D eigenvalue weighted by atomic mass is 9.40. The minimum absolute atomic E-state index is 0.000933. The molecule has 0 atom stereocenters. The Morgan fingerprint density at radius 1 is 1.07 bits per heavy atom. The molecule has 0 aliphatic heterocycles. The predicted molar refractivity (Wildman–Crippen MR) is 166 cm³/mol. The minimum atomic E-state index is -0.396. The fourth-order valence-corrected chi connectivity index (χ4v) is 6.66. The second-order valence-corrected chi connectivity index (χ2v) is 11.8. The van der Waals surface area contributed by atoms with Crippen LogP contribution in [0.25, 0.3) is 17.2 Å². The third-order valence-corrected chi connectivity index (χ3v) is 8.64. The fourth-order valence-electron chi connectivity index (χ4n) is 6.66. The van der Waals surface area contributed by atoms with Crippen molar-refractivity contribution < 1.29 is 19.3 Å². The molecule has 3 aliphatic rings. The highest BCUT2D eigenvalue weighted by Crippen LogP contribution is 2.67. The SMILES string of the molecule is COc1ccc(Cn2c(=O)n(CCO)c3c(Oc4c(C)cc(/C=C/C#N)cc4C)nc(NC45CC(C#N)(C4)C5)nc32)c(OC)c1. The first kappa shape index (κ1) is 29.7. The van der Waals surface area contributed by atoms with E-state index in [0.29, 0.717) is 47.7 Å². The first-order valence-corrected chi connectivity index (χ1v) is 14.6. The third kappa shape index (κ3) is 5.13. The summed E-state index contributed by atoms with van der Waals surface area (Å²) in [5.41, 5.74) is 2.89. The first-order chi connectivity index (χ1) is 21.7. The molecule has 4 aromatic rings. The molecule has 2 heterocycles. The second kappa shape index (κ2) is 11.3. The van der Waals surface area contributed by atoms with Crippen LogP contribution in [0.15, 0.2) is 41.2 Å². The Bertz CT molecular complexity index is 1950. The van der Waals surface area contributed by atoms with Crippen LogP contribution in [0.1, 0.15) is 41.5 Å². The Hall–Kier alpha value is -5.33. The van der Waals surface area contributed by atoms with Crippen LogP contribution in [0.2, 0.25) is 0 Å². The van der Waals surface area contributed by atoms with Gasteiger partial charge in [0.1, 0.15) is 17.2 Å². The maximum Gasteiger partial charge on any atom is 0.330 e. The highest BCUT2D eigenvalue weighted by atomic mass is 16.5. The van der Waals surface area contributed by atoms with E-state index in [1.165, 1.54) is 15.2 Å². The predicted octanol–water partition coefficient (Wildman–Crippen LogP) is 4.45. The Labute approximate surface area is 259 Å². The van der Waals surface area contributed by atoms with Crippen molar-refractivity contribution in [1.29, 1.82) is 10.5 Å². The normalized spacial score (nSPS) is 19.8. The lowest BCUT2D eigenvalue weighted by Gasteiger charge is -2.66. The molecule has 230 valence electrons. The van der Waals surface area contributed by atoms with Gasteiger partial charge in [0.05, 0.1) is 51.5 Å². The number of methoxy groups -OCH3 is 2. The molecule has 0 radical (unpaired) electrons. The molecule has 2 aromatic carbocycles. The van der Waals surface area contributed by atoms with E-state index in [4.69, 9.17) is 29.4 Å². The number of anilines is 1. The minimum Gasteiger partial charge on any atom is -0.497 e. The highest BCUT2D eigenvalue weighted by Gasteiger charge is 2.69. The van der Waals surface area contributed by atoms with E-state index < -0.39 is 5.69 Å². The quantitative estimate of drug-likeness (QED) is 0.233. The van der Waals surface area contributed by atoms with Crippen LogP contribution in [0.3, 0.4) is 0 Å². The number of imidazole rings is 1. The number of rotatable bonds is 11. The number of aliphatic hydroxyl groups is 1. The molecule has 3 aliphatic carbocycles. The van der Waals surface area contributed by atoms with E-state index in [0.717, 1.165) is 22.3 Å². The van der Waals surface area contributed by atoms with Crippen LogP contribution in [-0.2, 0) is 13.1 Å². The summed E-state index contributed by atoms with van der Waals surface area (Å²) in [6.45, 7) is 3.63. The van der Waals surface area contributed by atoms with Gasteiger partial charge in [-0.15, -0.1) is 0 Å². The van der Waals surface area contributed by atoms with Crippen molar-refractivity contribution >= 4 is 23.2 Å². The molecule has 2 bridgehead atoms. The van der Waals surface area contributed by atoms with Gasteiger partial charge < -0.3 is 24.6 Å². The lowest BCUT2D eigenvalue weighted by molar-refractivity contribution is -0.0665. The van der Waals surface area contributed by atoms with Crippen LogP contribution in [0.5, 0.6) is 23.1 Å². The molecule has 0 spiro atoms. The second-order valence-electron chi connectivity index (χ2n) is 11.8. The van der Waals surface area contributed by atoms with Crippen LogP contribution in [-0.4, -0.2) is 50.6 Å². The molecule has 12 nitrogen and oxygen atoms in total. The number of hydrogen-bond donors (Lipinski definition) is 2. The van der Waals surface area contributed by atoms with Gasteiger partial charge in [0.25, 0.3) is 5.88 Å². The molecular formula is C33H33N7O5. The van der Waals surface area contributed by atoms with Gasteiger partial charge in [-0.1, -0.05) is 0 Å². The molecule has 2 N–H and O–H groups in total. The maximum atomic E-state index is 14.0. The zero-order chi connectivity index (χ0) is 31.9. The molecule has 3 saturated carbocycles. The molecule has 45 heavy (non-hydrogen) atoms. The number of aryl methyl sites for hydroxylation is 2. The number of benzene rings is 2. The number of fused-ring (bicyclic) bond motifs is 1. The average molecular weight is 608 g/mol. The van der Waals surface area contributed by atoms with Gasteiger partial charge in [-0.25, -0.2) is 4.79 Å². The maximum absolute atomic E-state index is 14.0. The van der Waals surface area contributed by atoms with E-state index in [-0.39, 0.29) is 42.5 Å². The van der Waals surface area contributed by atoms with Crippen LogP contribution < -0.4 is 25.2 Å². The summed E-state index contributed by atoms with van der Waals surface area (Å²) in [7, 11) is 3.12. The Balaban J connectivity index is 1.51. The van der Waals surface area contributed by atoms with Gasteiger partial charge in [-0.05, 0) is 80.1 Å². The summed E-state index contributed by atoms with van der Waals surface area (Å²) in [5, 5.41) is 31.9. The fraction of sp³-hybridized carbons (Fsp3) is 0.364. The smallest absolute Gasteiger partial charge is 0.330 e. The third-order valence-electron chi connectivity index (χ3n) is 8.64. The number of ether oxygens (including phenoxy) is 3. The molecule has 0 amide bonds. The van der Waals surface area contributed by atoms with E-state index in [9.17, 15) is 15.2 Å². The van der Waals surface area contributed by atoms with Gasteiger partial charge in [0.2, 0.25) is 5.95 Å². The topological polar surface area (TPSA) is 160 Å². The van der Waals surface area contributed by atoms with Crippen molar-refractivity contribution in [2.75, 3.05) is 26.1 Å². The number of nitriles is 2. The van der Waals surface area contributed by atoms with Gasteiger partial charge in [-0.3, -0.25) is 9.13 Å². The summed E-state index contributed by atoms with van der Waals surface area (Å²) in [5.74, 6) is 2.15. The molecule has 0 unspecified atom stereocenters. The average Bonchev–Trinajstić information content (AvgIpc) is 3.25.